The van der Waals surface area contributed by atoms with Gasteiger partial charge in [0.1, 0.15) is 17.2 Å². The van der Waals surface area contributed by atoms with Crippen molar-refractivity contribution in [3.8, 4) is 28.4 Å². The van der Waals surface area contributed by atoms with Gasteiger partial charge in [-0.2, -0.15) is 0 Å². The smallest absolute Gasteiger partial charge is 0.127 e. The van der Waals surface area contributed by atoms with Crippen LogP contribution in [-0.2, 0) is 19.3 Å². The molecule has 2 rings (SSSR count). The van der Waals surface area contributed by atoms with E-state index in [-0.39, 0.29) is 17.2 Å². The maximum absolute atomic E-state index is 10.6. The van der Waals surface area contributed by atoms with Crippen LogP contribution in [0, 0.1) is 0 Å². The Kier molecular flexibility index (Phi) is 4.41. The van der Waals surface area contributed by atoms with Gasteiger partial charge in [0.05, 0.1) is 0 Å². The Bertz CT molecular complexity index is 660. The Morgan fingerprint density at radius 3 is 2.05 bits per heavy atom. The van der Waals surface area contributed by atoms with Crippen molar-refractivity contribution in [2.75, 3.05) is 0 Å². The van der Waals surface area contributed by atoms with Crippen LogP contribution >= 0.6 is 0 Å². The molecule has 0 fully saturated rings. The minimum Gasteiger partial charge on any atom is -0.508 e. The molecule has 112 valence electrons. The summed E-state index contributed by atoms with van der Waals surface area (Å²) in [6.45, 7) is 6.10. The van der Waals surface area contributed by atoms with E-state index in [1.807, 2.05) is 19.9 Å². The van der Waals surface area contributed by atoms with Crippen molar-refractivity contribution >= 4 is 0 Å². The number of hydrogen-bond donors (Lipinski definition) is 3. The second kappa shape index (κ2) is 6.08. The summed E-state index contributed by atoms with van der Waals surface area (Å²) in [7, 11) is 0. The van der Waals surface area contributed by atoms with E-state index < -0.39 is 0 Å². The van der Waals surface area contributed by atoms with Gasteiger partial charge < -0.3 is 15.3 Å². The second-order valence-corrected chi connectivity index (χ2v) is 5.16. The molecule has 0 bridgehead atoms. The first-order valence-corrected chi connectivity index (χ1v) is 7.42. The molecule has 0 aromatic heterocycles. The highest BCUT2D eigenvalue weighted by atomic mass is 16.3. The lowest BCUT2D eigenvalue weighted by atomic mass is 9.88. The normalized spacial score (nSPS) is 10.8. The number of aromatic hydroxyl groups is 3. The molecule has 0 aliphatic carbocycles. The average Bonchev–Trinajstić information content (AvgIpc) is 2.49. The molecule has 0 unspecified atom stereocenters. The molecule has 0 saturated heterocycles. The maximum Gasteiger partial charge on any atom is 0.127 e. The first-order valence-electron chi connectivity index (χ1n) is 7.42. The van der Waals surface area contributed by atoms with Gasteiger partial charge in [0.25, 0.3) is 0 Å². The zero-order valence-electron chi connectivity index (χ0n) is 12.8. The SMILES string of the molecule is CCc1cc(CC)c(CC)c(-c2cc(O)ccc2O)c1O. The summed E-state index contributed by atoms with van der Waals surface area (Å²) in [5.74, 6) is 0.338. The first-order chi connectivity index (χ1) is 10.0. The zero-order valence-corrected chi connectivity index (χ0v) is 12.8. The van der Waals surface area contributed by atoms with E-state index in [0.717, 1.165) is 30.4 Å². The summed E-state index contributed by atoms with van der Waals surface area (Å²) in [6.07, 6.45) is 2.34. The topological polar surface area (TPSA) is 60.7 Å². The van der Waals surface area contributed by atoms with E-state index in [1.54, 1.807) is 0 Å². The lowest BCUT2D eigenvalue weighted by Gasteiger charge is -2.19. The Hall–Kier alpha value is -2.16. The van der Waals surface area contributed by atoms with Crippen LogP contribution < -0.4 is 0 Å². The molecule has 0 spiro atoms. The number of benzene rings is 2. The molecular formula is C18H22O3. The van der Waals surface area contributed by atoms with Gasteiger partial charge in [-0.3, -0.25) is 0 Å². The summed E-state index contributed by atoms with van der Waals surface area (Å²) in [5, 5.41) is 30.4. The summed E-state index contributed by atoms with van der Waals surface area (Å²) >= 11 is 0. The van der Waals surface area contributed by atoms with E-state index >= 15 is 0 Å². The molecule has 3 heteroatoms. The number of rotatable bonds is 4. The zero-order chi connectivity index (χ0) is 15.6. The van der Waals surface area contributed by atoms with E-state index in [9.17, 15) is 15.3 Å². The summed E-state index contributed by atoms with van der Waals surface area (Å²) in [4.78, 5) is 0. The second-order valence-electron chi connectivity index (χ2n) is 5.16. The molecule has 0 saturated carbocycles. The van der Waals surface area contributed by atoms with Gasteiger partial charge in [-0.25, -0.2) is 0 Å². The fourth-order valence-corrected chi connectivity index (χ4v) is 2.83. The Labute approximate surface area is 125 Å². The van der Waals surface area contributed by atoms with Crippen LogP contribution in [0.5, 0.6) is 17.2 Å². The summed E-state index contributed by atoms with van der Waals surface area (Å²) in [6, 6.07) is 6.43. The number of phenols is 3. The van der Waals surface area contributed by atoms with E-state index in [4.69, 9.17) is 0 Å². The van der Waals surface area contributed by atoms with Crippen LogP contribution in [0.1, 0.15) is 37.5 Å². The van der Waals surface area contributed by atoms with Crippen molar-refractivity contribution in [3.05, 3.63) is 41.0 Å². The predicted molar refractivity (Wildman–Crippen MR) is 85.0 cm³/mol. The molecule has 0 radical (unpaired) electrons. The molecule has 0 heterocycles. The minimum absolute atomic E-state index is 0.0631. The molecule has 3 nitrogen and oxygen atoms in total. The van der Waals surface area contributed by atoms with E-state index in [2.05, 4.69) is 6.92 Å². The number of phenolic OH excluding ortho intramolecular Hbond substituents is 3. The van der Waals surface area contributed by atoms with Crippen LogP contribution in [0.25, 0.3) is 11.1 Å². The van der Waals surface area contributed by atoms with Gasteiger partial charge in [0, 0.05) is 11.1 Å². The molecule has 3 N–H and O–H groups in total. The molecule has 0 amide bonds. The monoisotopic (exact) mass is 286 g/mol. The van der Waals surface area contributed by atoms with Crippen LogP contribution in [0.2, 0.25) is 0 Å². The third-order valence-electron chi connectivity index (χ3n) is 3.94. The molecule has 0 atom stereocenters. The molecule has 0 aliphatic heterocycles. The van der Waals surface area contributed by atoms with Crippen molar-refractivity contribution in [1.29, 1.82) is 0 Å². The molecular weight excluding hydrogens is 264 g/mol. The Morgan fingerprint density at radius 1 is 0.810 bits per heavy atom. The first kappa shape index (κ1) is 15.2. The van der Waals surface area contributed by atoms with Crippen LogP contribution in [0.15, 0.2) is 24.3 Å². The third kappa shape index (κ3) is 2.68. The summed E-state index contributed by atoms with van der Waals surface area (Å²) in [5.41, 5.74) is 4.18. The molecule has 21 heavy (non-hydrogen) atoms. The summed E-state index contributed by atoms with van der Waals surface area (Å²) < 4.78 is 0. The van der Waals surface area contributed by atoms with Crippen molar-refractivity contribution in [2.24, 2.45) is 0 Å². The van der Waals surface area contributed by atoms with Gasteiger partial charge in [0.15, 0.2) is 0 Å². The van der Waals surface area contributed by atoms with Gasteiger partial charge >= 0.3 is 0 Å². The van der Waals surface area contributed by atoms with Crippen molar-refractivity contribution in [3.63, 3.8) is 0 Å². The van der Waals surface area contributed by atoms with Crippen molar-refractivity contribution in [1.82, 2.24) is 0 Å². The fraction of sp³-hybridized carbons (Fsp3) is 0.333. The predicted octanol–water partition coefficient (Wildman–Crippen LogP) is 4.16. The highest BCUT2D eigenvalue weighted by molar-refractivity contribution is 5.81. The molecule has 2 aromatic rings. The maximum atomic E-state index is 10.6. The van der Waals surface area contributed by atoms with Gasteiger partial charge in [0.2, 0.25) is 0 Å². The average molecular weight is 286 g/mol. The number of aryl methyl sites for hydroxylation is 2. The van der Waals surface area contributed by atoms with Gasteiger partial charge in [-0.15, -0.1) is 0 Å². The van der Waals surface area contributed by atoms with Gasteiger partial charge in [-0.1, -0.05) is 26.8 Å². The highest BCUT2D eigenvalue weighted by Gasteiger charge is 2.19. The highest BCUT2D eigenvalue weighted by Crippen LogP contribution is 2.43. The standard InChI is InChI=1S/C18H22O3/c1-4-11-9-12(5-2)18(21)17(14(11)6-3)15-10-13(19)7-8-16(15)20/h7-10,19-21H,4-6H2,1-3H3. The Morgan fingerprint density at radius 2 is 1.48 bits per heavy atom. The lowest BCUT2D eigenvalue weighted by molar-refractivity contribution is 0.457. The lowest BCUT2D eigenvalue weighted by Crippen LogP contribution is -1.99. The fourth-order valence-electron chi connectivity index (χ4n) is 2.83. The van der Waals surface area contributed by atoms with E-state index in [1.165, 1.54) is 23.8 Å². The van der Waals surface area contributed by atoms with Gasteiger partial charge in [-0.05, 0) is 54.2 Å². The molecule has 0 aliphatic rings. The van der Waals surface area contributed by atoms with Crippen molar-refractivity contribution < 1.29 is 15.3 Å². The number of hydrogen-bond acceptors (Lipinski definition) is 3. The Balaban J connectivity index is 2.85. The van der Waals surface area contributed by atoms with Crippen LogP contribution in [0.3, 0.4) is 0 Å². The van der Waals surface area contributed by atoms with E-state index in [0.29, 0.717) is 11.1 Å². The van der Waals surface area contributed by atoms with Crippen LogP contribution in [-0.4, -0.2) is 15.3 Å². The minimum atomic E-state index is 0.0631. The van der Waals surface area contributed by atoms with Crippen LogP contribution in [0.4, 0.5) is 0 Å². The molecule has 2 aromatic carbocycles. The van der Waals surface area contributed by atoms with Crippen molar-refractivity contribution in [2.45, 2.75) is 40.0 Å². The quantitative estimate of drug-likeness (QED) is 0.740. The third-order valence-corrected chi connectivity index (χ3v) is 3.94. The largest absolute Gasteiger partial charge is 0.508 e.